The lowest BCUT2D eigenvalue weighted by atomic mass is 10.1. The summed E-state index contributed by atoms with van der Waals surface area (Å²) in [6, 6.07) is 15.3. The van der Waals surface area contributed by atoms with Gasteiger partial charge in [-0.05, 0) is 35.9 Å². The average molecular weight is 403 g/mol. The minimum atomic E-state index is -0.0837. The zero-order valence-electron chi connectivity index (χ0n) is 16.5. The number of carbonyl (C=O) groups is 1. The fourth-order valence-corrected chi connectivity index (χ4v) is 3.03. The molecule has 0 atom stereocenters. The number of para-hydroxylation sites is 1. The number of imidazole rings is 1. The molecule has 8 heteroatoms. The van der Waals surface area contributed by atoms with Crippen molar-refractivity contribution in [1.82, 2.24) is 25.0 Å². The van der Waals surface area contributed by atoms with E-state index in [2.05, 4.69) is 20.4 Å². The molecule has 0 aliphatic carbocycles. The molecule has 0 spiro atoms. The SMILES string of the molecule is COc1ccc(-c2noc(CCC(=O)NCc3ccccc3-n3ccnc3)n2)cc1. The van der Waals surface area contributed by atoms with E-state index in [0.717, 1.165) is 22.6 Å². The van der Waals surface area contributed by atoms with Crippen LogP contribution in [0, 0.1) is 0 Å². The predicted octanol–water partition coefficient (Wildman–Crippen LogP) is 3.18. The first-order valence-corrected chi connectivity index (χ1v) is 9.53. The maximum absolute atomic E-state index is 12.3. The molecule has 0 radical (unpaired) electrons. The van der Waals surface area contributed by atoms with E-state index in [1.54, 1.807) is 19.6 Å². The molecule has 0 unspecified atom stereocenters. The van der Waals surface area contributed by atoms with Crippen molar-refractivity contribution in [2.24, 2.45) is 0 Å². The van der Waals surface area contributed by atoms with E-state index in [9.17, 15) is 4.79 Å². The molecule has 0 bridgehead atoms. The van der Waals surface area contributed by atoms with Crippen LogP contribution in [0.3, 0.4) is 0 Å². The van der Waals surface area contributed by atoms with Gasteiger partial charge < -0.3 is 19.1 Å². The lowest BCUT2D eigenvalue weighted by molar-refractivity contribution is -0.121. The van der Waals surface area contributed by atoms with Crippen molar-refractivity contribution in [3.63, 3.8) is 0 Å². The number of rotatable bonds is 8. The zero-order chi connectivity index (χ0) is 20.8. The molecule has 4 rings (SSSR count). The lowest BCUT2D eigenvalue weighted by Crippen LogP contribution is -2.23. The Bertz CT molecular complexity index is 1100. The predicted molar refractivity (Wildman–Crippen MR) is 110 cm³/mol. The fraction of sp³-hybridized carbons (Fsp3) is 0.182. The van der Waals surface area contributed by atoms with Gasteiger partial charge in [0, 0.05) is 37.3 Å². The number of aryl methyl sites for hydroxylation is 1. The molecule has 8 nitrogen and oxygen atoms in total. The number of aromatic nitrogens is 4. The van der Waals surface area contributed by atoms with Gasteiger partial charge in [-0.3, -0.25) is 4.79 Å². The molecule has 2 heterocycles. The molecule has 0 aliphatic rings. The second-order valence-corrected chi connectivity index (χ2v) is 6.62. The smallest absolute Gasteiger partial charge is 0.227 e. The van der Waals surface area contributed by atoms with Crippen LogP contribution in [0.15, 0.2) is 71.8 Å². The lowest BCUT2D eigenvalue weighted by Gasteiger charge is -2.11. The molecular formula is C22H21N5O3. The van der Waals surface area contributed by atoms with Gasteiger partial charge in [0.05, 0.1) is 19.1 Å². The van der Waals surface area contributed by atoms with E-state index in [0.29, 0.717) is 24.7 Å². The third kappa shape index (κ3) is 4.54. The summed E-state index contributed by atoms with van der Waals surface area (Å²) in [6.07, 6.45) is 5.96. The number of methoxy groups -OCH3 is 1. The first-order chi connectivity index (χ1) is 14.7. The first-order valence-electron chi connectivity index (χ1n) is 9.53. The van der Waals surface area contributed by atoms with Gasteiger partial charge in [-0.2, -0.15) is 4.98 Å². The van der Waals surface area contributed by atoms with Crippen molar-refractivity contribution in [3.05, 3.63) is 78.7 Å². The Labute approximate surface area is 173 Å². The van der Waals surface area contributed by atoms with Gasteiger partial charge in [0.25, 0.3) is 0 Å². The zero-order valence-corrected chi connectivity index (χ0v) is 16.5. The fourth-order valence-electron chi connectivity index (χ4n) is 3.03. The Morgan fingerprint density at radius 3 is 2.77 bits per heavy atom. The molecular weight excluding hydrogens is 382 g/mol. The summed E-state index contributed by atoms with van der Waals surface area (Å²) < 4.78 is 12.3. The van der Waals surface area contributed by atoms with Crippen LogP contribution in [-0.4, -0.2) is 32.7 Å². The molecule has 152 valence electrons. The molecule has 2 aromatic carbocycles. The number of carbonyl (C=O) groups excluding carboxylic acids is 1. The number of hydrogen-bond donors (Lipinski definition) is 1. The molecule has 1 amide bonds. The Morgan fingerprint density at radius 1 is 1.17 bits per heavy atom. The van der Waals surface area contributed by atoms with Gasteiger partial charge in [-0.1, -0.05) is 23.4 Å². The number of nitrogens with zero attached hydrogens (tertiary/aromatic N) is 4. The van der Waals surface area contributed by atoms with Gasteiger partial charge in [0.1, 0.15) is 5.75 Å². The summed E-state index contributed by atoms with van der Waals surface area (Å²) >= 11 is 0. The van der Waals surface area contributed by atoms with Crippen LogP contribution >= 0.6 is 0 Å². The largest absolute Gasteiger partial charge is 0.497 e. The van der Waals surface area contributed by atoms with Gasteiger partial charge >= 0.3 is 0 Å². The summed E-state index contributed by atoms with van der Waals surface area (Å²) in [5.74, 6) is 1.59. The van der Waals surface area contributed by atoms with E-state index in [1.165, 1.54) is 0 Å². The van der Waals surface area contributed by atoms with Crippen LogP contribution in [0.1, 0.15) is 17.9 Å². The highest BCUT2D eigenvalue weighted by Gasteiger charge is 2.12. The van der Waals surface area contributed by atoms with Crippen LogP contribution < -0.4 is 10.1 Å². The van der Waals surface area contributed by atoms with Crippen molar-refractivity contribution in [3.8, 4) is 22.8 Å². The molecule has 0 saturated carbocycles. The van der Waals surface area contributed by atoms with Gasteiger partial charge in [0.2, 0.25) is 17.6 Å². The first kappa shape index (κ1) is 19.4. The summed E-state index contributed by atoms with van der Waals surface area (Å²) in [7, 11) is 1.61. The molecule has 0 fully saturated rings. The highest BCUT2D eigenvalue weighted by Crippen LogP contribution is 2.20. The normalized spacial score (nSPS) is 10.7. The summed E-state index contributed by atoms with van der Waals surface area (Å²) in [5, 5.41) is 6.93. The Kier molecular flexibility index (Phi) is 5.84. The van der Waals surface area contributed by atoms with Gasteiger partial charge in [0.15, 0.2) is 0 Å². The molecule has 2 aromatic heterocycles. The Morgan fingerprint density at radius 2 is 2.00 bits per heavy atom. The number of amides is 1. The molecule has 30 heavy (non-hydrogen) atoms. The maximum atomic E-state index is 12.3. The number of nitrogens with one attached hydrogen (secondary N) is 1. The van der Waals surface area contributed by atoms with Crippen molar-refractivity contribution in [1.29, 1.82) is 0 Å². The Hall–Kier alpha value is -3.94. The van der Waals surface area contributed by atoms with E-state index in [-0.39, 0.29) is 12.3 Å². The molecule has 0 saturated heterocycles. The summed E-state index contributed by atoms with van der Waals surface area (Å²) in [5.41, 5.74) is 2.81. The van der Waals surface area contributed by atoms with Crippen molar-refractivity contribution in [2.75, 3.05) is 7.11 Å². The average Bonchev–Trinajstić information content (AvgIpc) is 3.49. The van der Waals surface area contributed by atoms with E-state index in [4.69, 9.17) is 9.26 Å². The quantitative estimate of drug-likeness (QED) is 0.486. The second kappa shape index (κ2) is 9.04. The standard InChI is InChI=1S/C22H21N5O3/c1-29-18-8-6-16(7-9-18)22-25-21(30-26-22)11-10-20(28)24-14-17-4-2-3-5-19(17)27-13-12-23-15-27/h2-9,12-13,15H,10-11,14H2,1H3,(H,24,28). The highest BCUT2D eigenvalue weighted by molar-refractivity contribution is 5.76. The van der Waals surface area contributed by atoms with Crippen molar-refractivity contribution < 1.29 is 14.1 Å². The third-order valence-electron chi connectivity index (χ3n) is 4.63. The van der Waals surface area contributed by atoms with Gasteiger partial charge in [-0.15, -0.1) is 0 Å². The molecule has 1 N–H and O–H groups in total. The van der Waals surface area contributed by atoms with Crippen molar-refractivity contribution in [2.45, 2.75) is 19.4 Å². The monoisotopic (exact) mass is 403 g/mol. The number of hydrogen-bond acceptors (Lipinski definition) is 6. The number of benzene rings is 2. The second-order valence-electron chi connectivity index (χ2n) is 6.62. The van der Waals surface area contributed by atoms with Crippen LogP contribution in [0.25, 0.3) is 17.1 Å². The minimum Gasteiger partial charge on any atom is -0.497 e. The molecule has 4 aromatic rings. The highest BCUT2D eigenvalue weighted by atomic mass is 16.5. The van der Waals surface area contributed by atoms with E-state index in [1.807, 2.05) is 59.3 Å². The number of ether oxygens (including phenoxy) is 1. The molecule has 0 aliphatic heterocycles. The van der Waals surface area contributed by atoms with Crippen LogP contribution in [-0.2, 0) is 17.8 Å². The third-order valence-corrected chi connectivity index (χ3v) is 4.63. The van der Waals surface area contributed by atoms with E-state index < -0.39 is 0 Å². The van der Waals surface area contributed by atoms with Crippen LogP contribution in [0.5, 0.6) is 5.75 Å². The van der Waals surface area contributed by atoms with Crippen LogP contribution in [0.2, 0.25) is 0 Å². The summed E-state index contributed by atoms with van der Waals surface area (Å²) in [6.45, 7) is 0.425. The maximum Gasteiger partial charge on any atom is 0.227 e. The topological polar surface area (TPSA) is 95.1 Å². The van der Waals surface area contributed by atoms with Crippen molar-refractivity contribution >= 4 is 5.91 Å². The van der Waals surface area contributed by atoms with Gasteiger partial charge in [-0.25, -0.2) is 4.98 Å². The minimum absolute atomic E-state index is 0.0837. The van der Waals surface area contributed by atoms with Crippen LogP contribution in [0.4, 0.5) is 0 Å². The summed E-state index contributed by atoms with van der Waals surface area (Å²) in [4.78, 5) is 20.7. The Balaban J connectivity index is 1.31. The van der Waals surface area contributed by atoms with E-state index >= 15 is 0 Å².